The number of hydrogen-bond acceptors (Lipinski definition) is 4. The maximum Gasteiger partial charge on any atom is 0.305 e. The second kappa shape index (κ2) is 4.21. The van der Waals surface area contributed by atoms with E-state index in [1.807, 2.05) is 0 Å². The molecule has 1 aromatic heterocycles. The maximum absolute atomic E-state index is 12.0. The molecule has 2 rings (SSSR count). The number of piperidine rings is 1. The predicted octanol–water partition coefficient (Wildman–Crippen LogP) is 0.550. The fourth-order valence-electron chi connectivity index (χ4n) is 1.71. The molecule has 5 nitrogen and oxygen atoms in total. The van der Waals surface area contributed by atoms with Crippen LogP contribution >= 0.6 is 11.3 Å². The molecule has 0 radical (unpaired) electrons. The molecule has 1 aliphatic rings. The van der Waals surface area contributed by atoms with Gasteiger partial charge in [-0.15, -0.1) is 0 Å². The molecule has 0 atom stereocenters. The summed E-state index contributed by atoms with van der Waals surface area (Å²) in [6, 6.07) is 0. The number of thiazole rings is 1. The summed E-state index contributed by atoms with van der Waals surface area (Å²) in [5, 5.41) is 0. The fourth-order valence-corrected chi connectivity index (χ4v) is 2.52. The summed E-state index contributed by atoms with van der Waals surface area (Å²) in [6.07, 6.45) is 0.841. The Morgan fingerprint density at radius 3 is 2.44 bits per heavy atom. The first-order valence-corrected chi connectivity index (χ1v) is 5.90. The van der Waals surface area contributed by atoms with Crippen LogP contribution in [0.5, 0.6) is 0 Å². The van der Waals surface area contributed by atoms with Crippen molar-refractivity contribution in [2.24, 2.45) is 0 Å². The van der Waals surface area contributed by atoms with Crippen LogP contribution in [-0.4, -0.2) is 34.7 Å². The predicted molar refractivity (Wildman–Crippen MR) is 59.8 cm³/mol. The van der Waals surface area contributed by atoms with Gasteiger partial charge in [-0.05, 0) is 6.92 Å². The van der Waals surface area contributed by atoms with Crippen LogP contribution in [0.2, 0.25) is 0 Å². The van der Waals surface area contributed by atoms with Gasteiger partial charge < -0.3 is 9.88 Å². The largest absolute Gasteiger partial charge is 0.337 e. The number of Topliss-reactive ketones (excluding diaryl/α,β-unsaturated/α-hetero) is 1. The van der Waals surface area contributed by atoms with E-state index in [-0.39, 0.29) is 16.6 Å². The standard InChI is InChI=1S/C10H12N2O3S/c1-6-8(16-10(15)11-6)9(14)12-4-2-7(13)3-5-12/h2-5H2,1H3,(H,11,15). The molecule has 1 saturated heterocycles. The van der Waals surface area contributed by atoms with E-state index < -0.39 is 0 Å². The van der Waals surface area contributed by atoms with Crippen molar-refractivity contribution < 1.29 is 9.59 Å². The highest BCUT2D eigenvalue weighted by Gasteiger charge is 2.24. The molecular weight excluding hydrogens is 228 g/mol. The lowest BCUT2D eigenvalue weighted by molar-refractivity contribution is -0.120. The molecule has 0 aliphatic carbocycles. The van der Waals surface area contributed by atoms with E-state index >= 15 is 0 Å². The normalized spacial score (nSPS) is 16.6. The van der Waals surface area contributed by atoms with Crippen molar-refractivity contribution in [3.05, 3.63) is 20.2 Å². The van der Waals surface area contributed by atoms with Crippen LogP contribution in [0.4, 0.5) is 0 Å². The Morgan fingerprint density at radius 1 is 1.31 bits per heavy atom. The van der Waals surface area contributed by atoms with Crippen molar-refractivity contribution in [2.75, 3.05) is 13.1 Å². The summed E-state index contributed by atoms with van der Waals surface area (Å²) < 4.78 is 0. The molecule has 0 unspecified atom stereocenters. The number of hydrogen-bond donors (Lipinski definition) is 1. The average molecular weight is 240 g/mol. The number of nitrogens with one attached hydrogen (secondary N) is 1. The van der Waals surface area contributed by atoms with E-state index in [4.69, 9.17) is 0 Å². The van der Waals surface area contributed by atoms with Gasteiger partial charge in [-0.25, -0.2) is 0 Å². The molecule has 86 valence electrons. The molecular formula is C10H12N2O3S. The number of likely N-dealkylation sites (tertiary alicyclic amines) is 1. The number of amides is 1. The van der Waals surface area contributed by atoms with E-state index in [0.29, 0.717) is 36.5 Å². The van der Waals surface area contributed by atoms with Crippen molar-refractivity contribution in [3.63, 3.8) is 0 Å². The molecule has 1 aromatic rings. The molecule has 0 aromatic carbocycles. The van der Waals surface area contributed by atoms with Crippen molar-refractivity contribution >= 4 is 23.0 Å². The Morgan fingerprint density at radius 2 is 1.94 bits per heavy atom. The van der Waals surface area contributed by atoms with Crippen LogP contribution < -0.4 is 4.87 Å². The molecule has 16 heavy (non-hydrogen) atoms. The molecule has 0 bridgehead atoms. The van der Waals surface area contributed by atoms with Gasteiger partial charge in [0.15, 0.2) is 0 Å². The van der Waals surface area contributed by atoms with Gasteiger partial charge in [-0.3, -0.25) is 14.4 Å². The fraction of sp³-hybridized carbons (Fsp3) is 0.500. The molecule has 6 heteroatoms. The summed E-state index contributed by atoms with van der Waals surface area (Å²) in [5.41, 5.74) is 0.608. The summed E-state index contributed by atoms with van der Waals surface area (Å²) in [7, 11) is 0. The third-order valence-electron chi connectivity index (χ3n) is 2.63. The van der Waals surface area contributed by atoms with Gasteiger partial charge in [0.25, 0.3) is 5.91 Å². The number of ketones is 1. The number of aryl methyl sites for hydroxylation is 1. The SMILES string of the molecule is Cc1[nH]c(=O)sc1C(=O)N1CCC(=O)CC1. The van der Waals surface area contributed by atoms with Crippen LogP contribution in [0.15, 0.2) is 4.79 Å². The Balaban J connectivity index is 2.16. The zero-order valence-electron chi connectivity index (χ0n) is 8.91. The Hall–Kier alpha value is -1.43. The lowest BCUT2D eigenvalue weighted by atomic mass is 10.1. The third kappa shape index (κ3) is 2.06. The first-order chi connectivity index (χ1) is 7.58. The minimum atomic E-state index is -0.214. The minimum absolute atomic E-state index is 0.145. The Kier molecular flexibility index (Phi) is 2.91. The summed E-state index contributed by atoms with van der Waals surface area (Å²) in [5.74, 6) is 0.0522. The zero-order valence-corrected chi connectivity index (χ0v) is 9.73. The first kappa shape index (κ1) is 11.1. The number of nitrogens with zero attached hydrogens (tertiary/aromatic N) is 1. The van der Waals surface area contributed by atoms with E-state index in [0.717, 1.165) is 11.3 Å². The molecule has 1 amide bonds. The minimum Gasteiger partial charge on any atom is -0.337 e. The molecule has 2 heterocycles. The van der Waals surface area contributed by atoms with Crippen LogP contribution in [0.1, 0.15) is 28.2 Å². The van der Waals surface area contributed by atoms with Gasteiger partial charge in [-0.2, -0.15) is 0 Å². The topological polar surface area (TPSA) is 70.2 Å². The number of H-pyrrole nitrogens is 1. The van der Waals surface area contributed by atoms with Crippen LogP contribution in [-0.2, 0) is 4.79 Å². The van der Waals surface area contributed by atoms with Crippen LogP contribution in [0.3, 0.4) is 0 Å². The lowest BCUT2D eigenvalue weighted by Gasteiger charge is -2.25. The Labute approximate surface area is 96.1 Å². The highest BCUT2D eigenvalue weighted by atomic mass is 32.1. The quantitative estimate of drug-likeness (QED) is 0.779. The summed E-state index contributed by atoms with van der Waals surface area (Å²) in [6.45, 7) is 2.63. The van der Waals surface area contributed by atoms with Crippen molar-refractivity contribution in [3.8, 4) is 0 Å². The van der Waals surface area contributed by atoms with Crippen molar-refractivity contribution in [1.29, 1.82) is 0 Å². The van der Waals surface area contributed by atoms with Crippen LogP contribution in [0.25, 0.3) is 0 Å². The number of rotatable bonds is 1. The van der Waals surface area contributed by atoms with Gasteiger partial charge in [0, 0.05) is 31.6 Å². The van der Waals surface area contributed by atoms with Gasteiger partial charge in [0.2, 0.25) is 0 Å². The van der Waals surface area contributed by atoms with Gasteiger partial charge in [-0.1, -0.05) is 11.3 Å². The van der Waals surface area contributed by atoms with E-state index in [9.17, 15) is 14.4 Å². The lowest BCUT2D eigenvalue weighted by Crippen LogP contribution is -2.38. The molecule has 1 N–H and O–H groups in total. The first-order valence-electron chi connectivity index (χ1n) is 5.08. The van der Waals surface area contributed by atoms with E-state index in [1.165, 1.54) is 0 Å². The van der Waals surface area contributed by atoms with Gasteiger partial charge >= 0.3 is 4.87 Å². The maximum atomic E-state index is 12.0. The third-order valence-corrected chi connectivity index (χ3v) is 3.60. The smallest absolute Gasteiger partial charge is 0.305 e. The second-order valence-corrected chi connectivity index (χ2v) is 4.78. The van der Waals surface area contributed by atoms with Crippen molar-refractivity contribution in [1.82, 2.24) is 9.88 Å². The monoisotopic (exact) mass is 240 g/mol. The van der Waals surface area contributed by atoms with Crippen LogP contribution in [0, 0.1) is 6.92 Å². The van der Waals surface area contributed by atoms with E-state index in [2.05, 4.69) is 4.98 Å². The summed E-state index contributed by atoms with van der Waals surface area (Å²) >= 11 is 0.930. The number of aromatic nitrogens is 1. The number of carbonyl (C=O) groups excluding carboxylic acids is 2. The average Bonchev–Trinajstić information content (AvgIpc) is 2.58. The van der Waals surface area contributed by atoms with Crippen molar-refractivity contribution in [2.45, 2.75) is 19.8 Å². The second-order valence-electron chi connectivity index (χ2n) is 3.80. The highest BCUT2D eigenvalue weighted by molar-refractivity contribution is 7.11. The number of carbonyl (C=O) groups is 2. The number of aromatic amines is 1. The molecule has 1 fully saturated rings. The molecule has 0 spiro atoms. The Bertz CT molecular complexity index is 478. The zero-order chi connectivity index (χ0) is 11.7. The molecule has 0 saturated carbocycles. The van der Waals surface area contributed by atoms with Gasteiger partial charge in [0.05, 0.1) is 0 Å². The summed E-state index contributed by atoms with van der Waals surface area (Å²) in [4.78, 5) is 38.6. The van der Waals surface area contributed by atoms with E-state index in [1.54, 1.807) is 11.8 Å². The molecule has 1 aliphatic heterocycles. The van der Waals surface area contributed by atoms with Gasteiger partial charge in [0.1, 0.15) is 10.7 Å². The highest BCUT2D eigenvalue weighted by Crippen LogP contribution is 2.15.